The predicted molar refractivity (Wildman–Crippen MR) is 95.6 cm³/mol. The van der Waals surface area contributed by atoms with Gasteiger partial charge in [0.15, 0.2) is 6.10 Å². The van der Waals surface area contributed by atoms with E-state index in [9.17, 15) is 9.90 Å². The van der Waals surface area contributed by atoms with E-state index >= 15 is 0 Å². The van der Waals surface area contributed by atoms with Gasteiger partial charge in [0, 0.05) is 6.42 Å². The van der Waals surface area contributed by atoms with Gasteiger partial charge >= 0.3 is 5.97 Å². The van der Waals surface area contributed by atoms with Gasteiger partial charge in [0.1, 0.15) is 5.75 Å². The first kappa shape index (κ1) is 16.1. The Labute approximate surface area is 141 Å². The second-order valence-corrected chi connectivity index (χ2v) is 6.09. The third-order valence-corrected chi connectivity index (χ3v) is 4.18. The molecule has 3 aromatic carbocycles. The summed E-state index contributed by atoms with van der Waals surface area (Å²) in [6, 6.07) is 19.6. The van der Waals surface area contributed by atoms with E-state index in [0.717, 1.165) is 21.9 Å². The Bertz CT molecular complexity index is 883. The molecular weight excluding hydrogens is 300 g/mol. The van der Waals surface area contributed by atoms with E-state index in [1.165, 1.54) is 5.56 Å². The van der Waals surface area contributed by atoms with Crippen molar-refractivity contribution in [1.29, 1.82) is 0 Å². The SMILES string of the molecule is Cc1ccc(C[C@H](Oc2ccc3ccccc3c2)C(=O)O)c(C)c1. The minimum Gasteiger partial charge on any atom is -0.478 e. The lowest BCUT2D eigenvalue weighted by molar-refractivity contribution is -0.145. The molecule has 0 fully saturated rings. The number of aliphatic carboxylic acids is 1. The van der Waals surface area contributed by atoms with Crippen molar-refractivity contribution in [3.05, 3.63) is 77.4 Å². The van der Waals surface area contributed by atoms with Crippen LogP contribution in [0.4, 0.5) is 0 Å². The van der Waals surface area contributed by atoms with Crippen molar-refractivity contribution in [1.82, 2.24) is 0 Å². The highest BCUT2D eigenvalue weighted by Crippen LogP contribution is 2.23. The maximum atomic E-state index is 11.6. The van der Waals surface area contributed by atoms with Crippen molar-refractivity contribution in [2.24, 2.45) is 0 Å². The molecule has 0 spiro atoms. The van der Waals surface area contributed by atoms with Crippen LogP contribution in [0.1, 0.15) is 16.7 Å². The molecule has 24 heavy (non-hydrogen) atoms. The number of fused-ring (bicyclic) bond motifs is 1. The van der Waals surface area contributed by atoms with Gasteiger partial charge in [-0.15, -0.1) is 0 Å². The standard InChI is InChI=1S/C21H20O3/c1-14-7-8-17(15(2)11-14)13-20(21(22)23)24-19-10-9-16-5-3-4-6-18(16)12-19/h3-12,20H,13H2,1-2H3,(H,22,23)/t20-/m0/s1. The van der Waals surface area contributed by atoms with Gasteiger partial charge in [-0.2, -0.15) is 0 Å². The summed E-state index contributed by atoms with van der Waals surface area (Å²) >= 11 is 0. The Balaban J connectivity index is 1.83. The predicted octanol–water partition coefficient (Wildman–Crippen LogP) is 4.53. The Morgan fingerprint density at radius 2 is 1.75 bits per heavy atom. The van der Waals surface area contributed by atoms with Crippen molar-refractivity contribution < 1.29 is 14.6 Å². The van der Waals surface area contributed by atoms with Crippen LogP contribution >= 0.6 is 0 Å². The molecule has 0 saturated heterocycles. The largest absolute Gasteiger partial charge is 0.478 e. The number of ether oxygens (including phenoxy) is 1. The average Bonchev–Trinajstić information content (AvgIpc) is 2.56. The van der Waals surface area contributed by atoms with Crippen LogP contribution in [0.25, 0.3) is 10.8 Å². The number of hydrogen-bond acceptors (Lipinski definition) is 2. The number of hydrogen-bond donors (Lipinski definition) is 1. The average molecular weight is 320 g/mol. The summed E-state index contributed by atoms with van der Waals surface area (Å²) in [7, 11) is 0. The summed E-state index contributed by atoms with van der Waals surface area (Å²) in [6.07, 6.45) is -0.568. The van der Waals surface area contributed by atoms with Gasteiger partial charge in [0.25, 0.3) is 0 Å². The van der Waals surface area contributed by atoms with Crippen molar-refractivity contribution in [3.63, 3.8) is 0 Å². The summed E-state index contributed by atoms with van der Waals surface area (Å²) in [5, 5.41) is 11.7. The molecule has 0 aliphatic carbocycles. The fourth-order valence-electron chi connectivity index (χ4n) is 2.86. The van der Waals surface area contributed by atoms with Gasteiger partial charge in [0.05, 0.1) is 0 Å². The summed E-state index contributed by atoms with van der Waals surface area (Å²) in [5.74, 6) is -0.381. The van der Waals surface area contributed by atoms with E-state index < -0.39 is 12.1 Å². The topological polar surface area (TPSA) is 46.5 Å². The second kappa shape index (κ2) is 6.75. The van der Waals surface area contributed by atoms with Crippen LogP contribution in [0.5, 0.6) is 5.75 Å². The van der Waals surface area contributed by atoms with Crippen LogP contribution in [0.2, 0.25) is 0 Å². The molecule has 0 bridgehead atoms. The van der Waals surface area contributed by atoms with E-state index in [1.807, 2.05) is 68.4 Å². The quantitative estimate of drug-likeness (QED) is 0.751. The fourth-order valence-corrected chi connectivity index (χ4v) is 2.86. The van der Waals surface area contributed by atoms with E-state index in [-0.39, 0.29) is 0 Å². The molecule has 3 nitrogen and oxygen atoms in total. The van der Waals surface area contributed by atoms with Crippen LogP contribution in [0.15, 0.2) is 60.7 Å². The fraction of sp³-hybridized carbons (Fsp3) is 0.190. The van der Waals surface area contributed by atoms with Crippen molar-refractivity contribution in [3.8, 4) is 5.75 Å². The van der Waals surface area contributed by atoms with Gasteiger partial charge in [-0.25, -0.2) is 4.79 Å². The number of aryl methyl sites for hydroxylation is 2. The summed E-state index contributed by atoms with van der Waals surface area (Å²) in [5.41, 5.74) is 3.25. The van der Waals surface area contributed by atoms with Crippen molar-refractivity contribution in [2.75, 3.05) is 0 Å². The van der Waals surface area contributed by atoms with Crippen LogP contribution in [0, 0.1) is 13.8 Å². The molecule has 3 aromatic rings. The van der Waals surface area contributed by atoms with Crippen LogP contribution in [-0.2, 0) is 11.2 Å². The number of carboxylic acids is 1. The number of benzene rings is 3. The van der Waals surface area contributed by atoms with Gasteiger partial charge < -0.3 is 9.84 Å². The van der Waals surface area contributed by atoms with E-state index in [0.29, 0.717) is 12.2 Å². The first-order valence-electron chi connectivity index (χ1n) is 7.97. The first-order valence-corrected chi connectivity index (χ1v) is 7.97. The lowest BCUT2D eigenvalue weighted by atomic mass is 10.0. The van der Waals surface area contributed by atoms with Gasteiger partial charge in [-0.3, -0.25) is 0 Å². The smallest absolute Gasteiger partial charge is 0.345 e. The second-order valence-electron chi connectivity index (χ2n) is 6.09. The Morgan fingerprint density at radius 1 is 1.00 bits per heavy atom. The zero-order valence-electron chi connectivity index (χ0n) is 13.8. The molecule has 122 valence electrons. The molecule has 0 aliphatic rings. The molecule has 0 radical (unpaired) electrons. The molecule has 0 unspecified atom stereocenters. The van der Waals surface area contributed by atoms with Crippen LogP contribution in [-0.4, -0.2) is 17.2 Å². The Kier molecular flexibility index (Phi) is 4.52. The molecule has 0 heterocycles. The Hall–Kier alpha value is -2.81. The maximum absolute atomic E-state index is 11.6. The third kappa shape index (κ3) is 3.57. The minimum atomic E-state index is -0.955. The summed E-state index contributed by atoms with van der Waals surface area (Å²) < 4.78 is 5.77. The van der Waals surface area contributed by atoms with Gasteiger partial charge in [-0.1, -0.05) is 54.1 Å². The molecule has 1 atom stereocenters. The zero-order valence-corrected chi connectivity index (χ0v) is 13.8. The highest BCUT2D eigenvalue weighted by Gasteiger charge is 2.21. The van der Waals surface area contributed by atoms with Gasteiger partial charge in [0.2, 0.25) is 0 Å². The highest BCUT2D eigenvalue weighted by molar-refractivity contribution is 5.84. The molecule has 0 amide bonds. The third-order valence-electron chi connectivity index (χ3n) is 4.18. The zero-order chi connectivity index (χ0) is 17.1. The van der Waals surface area contributed by atoms with Crippen LogP contribution < -0.4 is 4.74 Å². The van der Waals surface area contributed by atoms with Crippen molar-refractivity contribution in [2.45, 2.75) is 26.4 Å². The molecule has 1 N–H and O–H groups in total. The molecular formula is C21H20O3. The monoisotopic (exact) mass is 320 g/mol. The number of carbonyl (C=O) groups is 1. The minimum absolute atomic E-state index is 0.342. The summed E-state index contributed by atoms with van der Waals surface area (Å²) in [4.78, 5) is 11.6. The first-order chi connectivity index (χ1) is 11.5. The molecule has 3 heteroatoms. The molecule has 0 saturated carbocycles. The number of rotatable bonds is 5. The highest BCUT2D eigenvalue weighted by atomic mass is 16.5. The molecule has 0 aromatic heterocycles. The van der Waals surface area contributed by atoms with E-state index in [1.54, 1.807) is 0 Å². The van der Waals surface area contributed by atoms with E-state index in [2.05, 4.69) is 6.07 Å². The van der Waals surface area contributed by atoms with Gasteiger partial charge in [-0.05, 0) is 47.9 Å². The molecule has 0 aliphatic heterocycles. The summed E-state index contributed by atoms with van der Waals surface area (Å²) in [6.45, 7) is 4.02. The lowest BCUT2D eigenvalue weighted by Gasteiger charge is -2.17. The van der Waals surface area contributed by atoms with E-state index in [4.69, 9.17) is 4.74 Å². The number of carboxylic acid groups (broad SMARTS) is 1. The molecule has 3 rings (SSSR count). The Morgan fingerprint density at radius 3 is 2.46 bits per heavy atom. The van der Waals surface area contributed by atoms with Crippen molar-refractivity contribution >= 4 is 16.7 Å². The lowest BCUT2D eigenvalue weighted by Crippen LogP contribution is -2.29. The van der Waals surface area contributed by atoms with Crippen LogP contribution in [0.3, 0.4) is 0 Å². The normalized spacial score (nSPS) is 12.1. The maximum Gasteiger partial charge on any atom is 0.345 e.